The Labute approximate surface area is 193 Å². The van der Waals surface area contributed by atoms with Crippen LogP contribution in [0.15, 0.2) is 58.6 Å². The van der Waals surface area contributed by atoms with Crippen molar-refractivity contribution in [2.24, 2.45) is 15.9 Å². The number of carbonyl (C=O) groups excluding carboxylic acids is 1. The lowest BCUT2D eigenvalue weighted by Gasteiger charge is -2.12. The van der Waals surface area contributed by atoms with Gasteiger partial charge in [0.05, 0.1) is 24.5 Å². The highest BCUT2D eigenvalue weighted by Gasteiger charge is 2.28. The third-order valence-electron chi connectivity index (χ3n) is 4.09. The smallest absolute Gasteiger partial charge is 0.404 e. The van der Waals surface area contributed by atoms with E-state index in [1.807, 2.05) is 0 Å². The molecule has 0 unspecified atom stereocenters. The first kappa shape index (κ1) is 26.3. The predicted molar refractivity (Wildman–Crippen MR) is 119 cm³/mol. The minimum atomic E-state index is -4.78. The summed E-state index contributed by atoms with van der Waals surface area (Å²) in [4.78, 5) is 15.7. The zero-order chi connectivity index (χ0) is 24.6. The Morgan fingerprint density at radius 2 is 1.91 bits per heavy atom. The summed E-state index contributed by atoms with van der Waals surface area (Å²) in [5.41, 5.74) is 6.39. The summed E-state index contributed by atoms with van der Waals surface area (Å²) in [5.74, 6) is -0.447. The molecule has 0 aliphatic rings. The first-order valence-corrected chi connectivity index (χ1v) is 11.2. The number of rotatable bonds is 9. The lowest BCUT2D eigenvalue weighted by molar-refractivity contribution is -0.323. The maximum atomic E-state index is 12.3. The quantitative estimate of drug-likeness (QED) is 0.356. The largest absolute Gasteiger partial charge is 0.522 e. The van der Waals surface area contributed by atoms with Crippen molar-refractivity contribution in [1.29, 1.82) is 0 Å². The fraction of sp³-hybridized carbons (Fsp3) is 0.200. The van der Waals surface area contributed by atoms with Crippen LogP contribution >= 0.6 is 11.6 Å². The van der Waals surface area contributed by atoms with Gasteiger partial charge in [0.15, 0.2) is 0 Å². The van der Waals surface area contributed by atoms with Gasteiger partial charge in [0.1, 0.15) is 0 Å². The summed E-state index contributed by atoms with van der Waals surface area (Å²) >= 11 is 6.04. The molecule has 2 aromatic rings. The molecule has 8 nitrogen and oxygen atoms in total. The molecule has 0 aromatic heterocycles. The van der Waals surface area contributed by atoms with Crippen LogP contribution in [0, 0.1) is 0 Å². The normalized spacial score (nSPS) is 12.8. The Morgan fingerprint density at radius 1 is 1.21 bits per heavy atom. The maximum absolute atomic E-state index is 12.3. The van der Waals surface area contributed by atoms with Gasteiger partial charge in [-0.1, -0.05) is 35.9 Å². The predicted octanol–water partition coefficient (Wildman–Crippen LogP) is 3.08. The average Bonchev–Trinajstić information content (AvgIpc) is 2.71. The summed E-state index contributed by atoms with van der Waals surface area (Å²) in [6.45, 7) is -1.08. The minimum absolute atomic E-state index is 0.0459. The molecular weight excluding hydrogens is 485 g/mol. The molecule has 13 heteroatoms. The molecule has 5 N–H and O–H groups in total. The van der Waals surface area contributed by atoms with E-state index in [2.05, 4.69) is 15.0 Å². The van der Waals surface area contributed by atoms with E-state index in [0.29, 0.717) is 10.6 Å². The van der Waals surface area contributed by atoms with Crippen LogP contribution in [0.5, 0.6) is 0 Å². The van der Waals surface area contributed by atoms with Crippen LogP contribution in [0.25, 0.3) is 5.57 Å². The number of hydrogen-bond acceptors (Lipinski definition) is 6. The number of sulfonamides is 1. The number of amides is 1. The highest BCUT2D eigenvalue weighted by atomic mass is 35.5. The van der Waals surface area contributed by atoms with Gasteiger partial charge in [0.25, 0.3) is 0 Å². The van der Waals surface area contributed by atoms with Crippen LogP contribution < -0.4 is 16.2 Å². The number of allylic oxidation sites excluding steroid dienone is 1. The van der Waals surface area contributed by atoms with E-state index in [-0.39, 0.29) is 34.7 Å². The molecule has 0 atom stereocenters. The molecule has 0 fully saturated rings. The third kappa shape index (κ3) is 8.50. The SMILES string of the molecule is N/C=C(\C=NCCOC(F)(F)F)c1ccc(NC(=O)Cc2ccccc2Cl)cc1S(N)(=O)=O. The van der Waals surface area contributed by atoms with Gasteiger partial charge in [-0.15, -0.1) is 13.2 Å². The van der Waals surface area contributed by atoms with Gasteiger partial charge >= 0.3 is 6.36 Å². The zero-order valence-electron chi connectivity index (χ0n) is 17.0. The van der Waals surface area contributed by atoms with Crippen LogP contribution in [0.3, 0.4) is 0 Å². The second-order valence-corrected chi connectivity index (χ2v) is 8.46. The Morgan fingerprint density at radius 3 is 2.52 bits per heavy atom. The van der Waals surface area contributed by atoms with Crippen molar-refractivity contribution in [2.75, 3.05) is 18.5 Å². The average molecular weight is 505 g/mol. The molecule has 0 aliphatic heterocycles. The highest BCUT2D eigenvalue weighted by Crippen LogP contribution is 2.25. The Hall–Kier alpha value is -2.93. The van der Waals surface area contributed by atoms with Crippen LogP contribution in [-0.4, -0.2) is 40.1 Å². The molecule has 0 saturated heterocycles. The van der Waals surface area contributed by atoms with E-state index < -0.39 is 28.9 Å². The Balaban J connectivity index is 2.21. The topological polar surface area (TPSA) is 137 Å². The molecule has 1 amide bonds. The molecule has 33 heavy (non-hydrogen) atoms. The standard InChI is InChI=1S/C20H20ClF3N4O4S/c21-17-4-2-1-3-13(17)9-19(29)28-15-5-6-16(18(10-15)33(26,30)31)14(11-25)12-27-7-8-32-20(22,23)24/h1-6,10-12H,7-9,25H2,(H,28,29)(H2,26,30,31)/b14-11+,27-12?. The minimum Gasteiger partial charge on any atom is -0.404 e. The van der Waals surface area contributed by atoms with E-state index in [9.17, 15) is 26.4 Å². The lowest BCUT2D eigenvalue weighted by atomic mass is 10.1. The van der Waals surface area contributed by atoms with Gasteiger partial charge in [-0.3, -0.25) is 14.5 Å². The van der Waals surface area contributed by atoms with Crippen LogP contribution in [-0.2, 0) is 26.0 Å². The van der Waals surface area contributed by atoms with Crippen molar-refractivity contribution in [3.63, 3.8) is 0 Å². The highest BCUT2D eigenvalue weighted by molar-refractivity contribution is 7.89. The second kappa shape index (κ2) is 11.3. The van der Waals surface area contributed by atoms with Crippen LogP contribution in [0.1, 0.15) is 11.1 Å². The number of aliphatic imine (C=N–C) groups is 1. The summed E-state index contributed by atoms with van der Waals surface area (Å²) in [6.07, 6.45) is -2.71. The first-order chi connectivity index (χ1) is 15.4. The van der Waals surface area contributed by atoms with Gasteiger partial charge in [-0.05, 0) is 23.8 Å². The van der Waals surface area contributed by atoms with Gasteiger partial charge in [0, 0.05) is 34.3 Å². The number of alkyl halides is 3. The monoisotopic (exact) mass is 504 g/mol. The summed E-state index contributed by atoms with van der Waals surface area (Å²) in [6, 6.07) is 10.6. The maximum Gasteiger partial charge on any atom is 0.522 e. The number of benzene rings is 2. The van der Waals surface area contributed by atoms with E-state index in [4.69, 9.17) is 22.5 Å². The van der Waals surface area contributed by atoms with Gasteiger partial charge < -0.3 is 11.1 Å². The van der Waals surface area contributed by atoms with Crippen molar-refractivity contribution in [3.05, 3.63) is 64.8 Å². The molecule has 2 aromatic carbocycles. The number of hydrogen-bond donors (Lipinski definition) is 3. The van der Waals surface area contributed by atoms with E-state index in [1.165, 1.54) is 12.1 Å². The number of ether oxygens (including phenoxy) is 1. The molecular formula is C20H20ClF3N4O4S. The van der Waals surface area contributed by atoms with Crippen molar-refractivity contribution in [3.8, 4) is 0 Å². The van der Waals surface area contributed by atoms with Crippen molar-refractivity contribution < 1.29 is 31.1 Å². The second-order valence-electron chi connectivity index (χ2n) is 6.52. The van der Waals surface area contributed by atoms with Gasteiger partial charge in [-0.2, -0.15) is 0 Å². The third-order valence-corrected chi connectivity index (χ3v) is 5.41. The molecule has 0 aliphatic carbocycles. The molecule has 0 saturated carbocycles. The Kier molecular flexibility index (Phi) is 8.99. The van der Waals surface area contributed by atoms with E-state index >= 15 is 0 Å². The number of carbonyl (C=O) groups is 1. The van der Waals surface area contributed by atoms with E-state index in [0.717, 1.165) is 18.5 Å². The number of halogens is 4. The number of primary sulfonamides is 1. The molecule has 178 valence electrons. The molecule has 0 radical (unpaired) electrons. The molecule has 2 rings (SSSR count). The number of nitrogens with one attached hydrogen (secondary N) is 1. The van der Waals surface area contributed by atoms with Crippen molar-refractivity contribution in [1.82, 2.24) is 0 Å². The van der Waals surface area contributed by atoms with E-state index in [1.54, 1.807) is 24.3 Å². The van der Waals surface area contributed by atoms with Crippen molar-refractivity contribution >= 4 is 45.0 Å². The number of nitrogens with two attached hydrogens (primary N) is 2. The molecule has 0 heterocycles. The number of nitrogens with zero attached hydrogens (tertiary/aromatic N) is 1. The van der Waals surface area contributed by atoms with Gasteiger partial charge in [-0.25, -0.2) is 13.6 Å². The zero-order valence-corrected chi connectivity index (χ0v) is 18.5. The van der Waals surface area contributed by atoms with Crippen LogP contribution in [0.4, 0.5) is 18.9 Å². The summed E-state index contributed by atoms with van der Waals surface area (Å²) in [7, 11) is -4.27. The fourth-order valence-corrected chi connectivity index (χ4v) is 3.66. The molecule has 0 spiro atoms. The van der Waals surface area contributed by atoms with Crippen LogP contribution in [0.2, 0.25) is 5.02 Å². The first-order valence-electron chi connectivity index (χ1n) is 9.23. The lowest BCUT2D eigenvalue weighted by Crippen LogP contribution is -2.18. The van der Waals surface area contributed by atoms with Gasteiger partial charge in [0.2, 0.25) is 15.9 Å². The fourth-order valence-electron chi connectivity index (χ4n) is 2.67. The molecule has 0 bridgehead atoms. The summed E-state index contributed by atoms with van der Waals surface area (Å²) < 4.78 is 63.9. The van der Waals surface area contributed by atoms with Crippen molar-refractivity contribution in [2.45, 2.75) is 17.7 Å². The summed E-state index contributed by atoms with van der Waals surface area (Å²) in [5, 5.41) is 8.27. The number of anilines is 1. The Bertz CT molecular complexity index is 1170.